The normalized spacial score (nSPS) is 35.0. The molecule has 0 saturated carbocycles. The lowest BCUT2D eigenvalue weighted by Crippen LogP contribution is -2.50. The third-order valence-electron chi connectivity index (χ3n) is 3.15. The van der Waals surface area contributed by atoms with Crippen molar-refractivity contribution in [2.24, 2.45) is 0 Å². The van der Waals surface area contributed by atoms with Gasteiger partial charge in [0.05, 0.1) is 6.10 Å². The molecule has 1 aliphatic rings. The first-order valence-electron chi connectivity index (χ1n) is 5.10. The largest absolute Gasteiger partial charge is 0.392 e. The molecule has 1 N–H and O–H groups in total. The van der Waals surface area contributed by atoms with E-state index < -0.39 is 0 Å². The fraction of sp³-hybridized carbons (Fsp3) is 1.00. The highest BCUT2D eigenvalue weighted by molar-refractivity contribution is 4.83. The van der Waals surface area contributed by atoms with Crippen LogP contribution in [0.15, 0.2) is 0 Å². The minimum Gasteiger partial charge on any atom is -0.392 e. The van der Waals surface area contributed by atoms with E-state index in [1.807, 2.05) is 0 Å². The molecular formula is C10H21NO. The van der Waals surface area contributed by atoms with Gasteiger partial charge in [0.25, 0.3) is 0 Å². The number of rotatable bonds is 2. The van der Waals surface area contributed by atoms with Gasteiger partial charge in [-0.2, -0.15) is 0 Å². The molecule has 0 spiro atoms. The Bertz CT molecular complexity index is 138. The van der Waals surface area contributed by atoms with E-state index in [9.17, 15) is 5.11 Å². The maximum absolute atomic E-state index is 9.65. The summed E-state index contributed by atoms with van der Waals surface area (Å²) in [6.07, 6.45) is 3.20. The molecule has 0 aromatic carbocycles. The summed E-state index contributed by atoms with van der Waals surface area (Å²) in [6.45, 7) is 7.75. The van der Waals surface area contributed by atoms with Crippen LogP contribution >= 0.6 is 0 Å². The Balaban J connectivity index is 2.51. The summed E-state index contributed by atoms with van der Waals surface area (Å²) < 4.78 is 0. The van der Waals surface area contributed by atoms with E-state index in [0.29, 0.717) is 12.1 Å². The van der Waals surface area contributed by atoms with Crippen molar-refractivity contribution in [3.05, 3.63) is 0 Å². The Hall–Kier alpha value is -0.0800. The second-order valence-corrected chi connectivity index (χ2v) is 3.95. The van der Waals surface area contributed by atoms with E-state index in [4.69, 9.17) is 0 Å². The molecule has 0 aromatic rings. The Labute approximate surface area is 75.6 Å². The van der Waals surface area contributed by atoms with Crippen LogP contribution in [-0.2, 0) is 0 Å². The van der Waals surface area contributed by atoms with E-state index in [0.717, 1.165) is 19.4 Å². The zero-order valence-corrected chi connectivity index (χ0v) is 8.45. The van der Waals surface area contributed by atoms with Gasteiger partial charge in [0.15, 0.2) is 0 Å². The van der Waals surface area contributed by atoms with Crippen LogP contribution in [0.4, 0.5) is 0 Å². The Kier molecular flexibility index (Phi) is 3.53. The molecule has 3 atom stereocenters. The lowest BCUT2D eigenvalue weighted by atomic mass is 9.98. The van der Waals surface area contributed by atoms with Crippen molar-refractivity contribution in [2.75, 3.05) is 6.54 Å². The standard InChI is InChI=1S/C10H21NO/c1-4-8(2)11-7-5-6-10(12)9(11)3/h8-10,12H,4-7H2,1-3H3. The molecule has 0 radical (unpaired) electrons. The van der Waals surface area contributed by atoms with Crippen molar-refractivity contribution in [3.8, 4) is 0 Å². The third-order valence-corrected chi connectivity index (χ3v) is 3.15. The van der Waals surface area contributed by atoms with Crippen LogP contribution < -0.4 is 0 Å². The summed E-state index contributed by atoms with van der Waals surface area (Å²) in [5.74, 6) is 0. The third kappa shape index (κ3) is 1.99. The second-order valence-electron chi connectivity index (χ2n) is 3.95. The average Bonchev–Trinajstić information content (AvgIpc) is 2.08. The van der Waals surface area contributed by atoms with Crippen molar-refractivity contribution >= 4 is 0 Å². The zero-order chi connectivity index (χ0) is 9.14. The van der Waals surface area contributed by atoms with E-state index in [1.54, 1.807) is 0 Å². The number of piperidine rings is 1. The zero-order valence-electron chi connectivity index (χ0n) is 8.45. The number of nitrogens with zero attached hydrogens (tertiary/aromatic N) is 1. The molecular weight excluding hydrogens is 150 g/mol. The molecule has 1 aliphatic heterocycles. The number of likely N-dealkylation sites (tertiary alicyclic amines) is 1. The molecule has 72 valence electrons. The van der Waals surface area contributed by atoms with Crippen molar-refractivity contribution in [3.63, 3.8) is 0 Å². The van der Waals surface area contributed by atoms with Crippen LogP contribution in [0.2, 0.25) is 0 Å². The van der Waals surface area contributed by atoms with Gasteiger partial charge in [0.1, 0.15) is 0 Å². The smallest absolute Gasteiger partial charge is 0.0693 e. The summed E-state index contributed by atoms with van der Waals surface area (Å²) in [6, 6.07) is 0.976. The molecule has 0 aromatic heterocycles. The summed E-state index contributed by atoms with van der Waals surface area (Å²) >= 11 is 0. The maximum Gasteiger partial charge on any atom is 0.0693 e. The SMILES string of the molecule is CCC(C)N1CCCC(O)C1C. The van der Waals surface area contributed by atoms with Crippen LogP contribution in [0.3, 0.4) is 0 Å². The molecule has 2 heteroatoms. The molecule has 1 saturated heterocycles. The molecule has 3 unspecified atom stereocenters. The van der Waals surface area contributed by atoms with Crippen molar-refractivity contribution in [1.82, 2.24) is 4.90 Å². The van der Waals surface area contributed by atoms with Crippen LogP contribution in [0.25, 0.3) is 0 Å². The van der Waals surface area contributed by atoms with Gasteiger partial charge in [-0.05, 0) is 39.7 Å². The second kappa shape index (κ2) is 4.24. The quantitative estimate of drug-likeness (QED) is 0.682. The van der Waals surface area contributed by atoms with Gasteiger partial charge >= 0.3 is 0 Å². The fourth-order valence-corrected chi connectivity index (χ4v) is 2.01. The van der Waals surface area contributed by atoms with E-state index >= 15 is 0 Å². The summed E-state index contributed by atoms with van der Waals surface area (Å²) in [5, 5.41) is 9.65. The van der Waals surface area contributed by atoms with Gasteiger partial charge in [-0.25, -0.2) is 0 Å². The summed E-state index contributed by atoms with van der Waals surface area (Å²) in [7, 11) is 0. The molecule has 1 heterocycles. The Morgan fingerprint density at radius 2 is 2.25 bits per heavy atom. The molecule has 12 heavy (non-hydrogen) atoms. The van der Waals surface area contributed by atoms with Crippen molar-refractivity contribution in [2.45, 2.75) is 58.2 Å². The first-order valence-corrected chi connectivity index (χ1v) is 5.10. The minimum absolute atomic E-state index is 0.104. The van der Waals surface area contributed by atoms with Gasteiger partial charge in [-0.1, -0.05) is 6.92 Å². The van der Waals surface area contributed by atoms with Crippen LogP contribution in [0.5, 0.6) is 0 Å². The predicted octanol–water partition coefficient (Wildman–Crippen LogP) is 1.63. The lowest BCUT2D eigenvalue weighted by molar-refractivity contribution is -0.000491. The topological polar surface area (TPSA) is 23.5 Å². The predicted molar refractivity (Wildman–Crippen MR) is 51.2 cm³/mol. The Morgan fingerprint density at radius 1 is 1.58 bits per heavy atom. The van der Waals surface area contributed by atoms with Gasteiger partial charge < -0.3 is 5.11 Å². The molecule has 0 amide bonds. The van der Waals surface area contributed by atoms with Gasteiger partial charge in [-0.3, -0.25) is 4.90 Å². The summed E-state index contributed by atoms with van der Waals surface area (Å²) in [4.78, 5) is 2.42. The van der Waals surface area contributed by atoms with E-state index in [2.05, 4.69) is 25.7 Å². The minimum atomic E-state index is -0.104. The molecule has 0 bridgehead atoms. The van der Waals surface area contributed by atoms with Gasteiger partial charge in [-0.15, -0.1) is 0 Å². The van der Waals surface area contributed by atoms with E-state index in [1.165, 1.54) is 6.42 Å². The highest BCUT2D eigenvalue weighted by Gasteiger charge is 2.28. The molecule has 0 aliphatic carbocycles. The van der Waals surface area contributed by atoms with Crippen molar-refractivity contribution < 1.29 is 5.11 Å². The van der Waals surface area contributed by atoms with Crippen molar-refractivity contribution in [1.29, 1.82) is 0 Å². The number of hydrogen-bond donors (Lipinski definition) is 1. The first-order chi connectivity index (χ1) is 5.66. The first kappa shape index (κ1) is 10.0. The highest BCUT2D eigenvalue weighted by atomic mass is 16.3. The van der Waals surface area contributed by atoms with Crippen LogP contribution in [-0.4, -0.2) is 34.7 Å². The monoisotopic (exact) mass is 171 g/mol. The van der Waals surface area contributed by atoms with Crippen LogP contribution in [0, 0.1) is 0 Å². The van der Waals surface area contributed by atoms with Gasteiger partial charge in [0.2, 0.25) is 0 Å². The molecule has 2 nitrogen and oxygen atoms in total. The summed E-state index contributed by atoms with van der Waals surface area (Å²) in [5.41, 5.74) is 0. The Morgan fingerprint density at radius 3 is 2.83 bits per heavy atom. The number of aliphatic hydroxyl groups is 1. The van der Waals surface area contributed by atoms with Crippen LogP contribution in [0.1, 0.15) is 40.0 Å². The fourth-order valence-electron chi connectivity index (χ4n) is 2.01. The van der Waals surface area contributed by atoms with E-state index in [-0.39, 0.29) is 6.10 Å². The molecule has 1 rings (SSSR count). The molecule has 1 fully saturated rings. The van der Waals surface area contributed by atoms with Gasteiger partial charge in [0, 0.05) is 12.1 Å². The number of hydrogen-bond acceptors (Lipinski definition) is 2. The lowest BCUT2D eigenvalue weighted by Gasteiger charge is -2.40. The number of aliphatic hydroxyl groups excluding tert-OH is 1. The average molecular weight is 171 g/mol. The highest BCUT2D eigenvalue weighted by Crippen LogP contribution is 2.20. The maximum atomic E-state index is 9.65.